The van der Waals surface area contributed by atoms with Gasteiger partial charge < -0.3 is 0 Å². The first kappa shape index (κ1) is 20.1. The standard InChI is InChI=1S/C20H16N6O4/c27-25(28)19-7-3-1-5-17(19)23-21-13-15-9-11-16(12-10-15)14-22-24-18-6-2-4-8-20(18)26(29)30/h1-14,23-24H/b21-13+,22-14+. The lowest BCUT2D eigenvalue weighted by molar-refractivity contribution is -0.384. The highest BCUT2D eigenvalue weighted by atomic mass is 16.6. The Hall–Kier alpha value is -4.60. The summed E-state index contributed by atoms with van der Waals surface area (Å²) in [6.07, 6.45) is 3.06. The highest BCUT2D eigenvalue weighted by molar-refractivity contribution is 5.85. The highest BCUT2D eigenvalue weighted by Gasteiger charge is 2.11. The van der Waals surface area contributed by atoms with E-state index in [9.17, 15) is 20.2 Å². The van der Waals surface area contributed by atoms with Crippen LogP contribution < -0.4 is 10.9 Å². The highest BCUT2D eigenvalue weighted by Crippen LogP contribution is 2.23. The molecule has 0 aliphatic heterocycles. The van der Waals surface area contributed by atoms with Gasteiger partial charge >= 0.3 is 0 Å². The largest absolute Gasteiger partial charge is 0.294 e. The summed E-state index contributed by atoms with van der Waals surface area (Å²) in [6.45, 7) is 0. The van der Waals surface area contributed by atoms with Crippen LogP contribution in [0.15, 0.2) is 83.0 Å². The molecule has 0 amide bonds. The van der Waals surface area contributed by atoms with E-state index in [2.05, 4.69) is 21.1 Å². The van der Waals surface area contributed by atoms with Crippen molar-refractivity contribution in [2.24, 2.45) is 10.2 Å². The van der Waals surface area contributed by atoms with Gasteiger partial charge in [-0.25, -0.2) is 0 Å². The quantitative estimate of drug-likeness (QED) is 0.325. The maximum absolute atomic E-state index is 11.0. The molecule has 3 aromatic rings. The molecule has 0 aliphatic rings. The van der Waals surface area contributed by atoms with Gasteiger partial charge in [-0.05, 0) is 23.3 Å². The van der Waals surface area contributed by atoms with Crippen LogP contribution in [-0.2, 0) is 0 Å². The summed E-state index contributed by atoms with van der Waals surface area (Å²) in [5.74, 6) is 0. The number of nitro benzene ring substituents is 2. The van der Waals surface area contributed by atoms with Gasteiger partial charge in [0.2, 0.25) is 0 Å². The normalized spacial score (nSPS) is 10.9. The molecule has 0 saturated heterocycles. The van der Waals surface area contributed by atoms with E-state index in [0.29, 0.717) is 11.4 Å². The lowest BCUT2D eigenvalue weighted by Crippen LogP contribution is -1.97. The van der Waals surface area contributed by atoms with Gasteiger partial charge in [-0.15, -0.1) is 0 Å². The van der Waals surface area contributed by atoms with E-state index in [1.54, 1.807) is 60.7 Å². The maximum Gasteiger partial charge on any atom is 0.294 e. The van der Waals surface area contributed by atoms with Crippen molar-refractivity contribution in [3.8, 4) is 0 Å². The fourth-order valence-electron chi connectivity index (χ4n) is 2.48. The summed E-state index contributed by atoms with van der Waals surface area (Å²) >= 11 is 0. The molecular weight excluding hydrogens is 388 g/mol. The topological polar surface area (TPSA) is 135 Å². The Kier molecular flexibility index (Phi) is 6.41. The minimum Gasteiger partial charge on any atom is -0.272 e. The summed E-state index contributed by atoms with van der Waals surface area (Å²) in [5, 5.41) is 30.0. The van der Waals surface area contributed by atoms with Crippen molar-refractivity contribution < 1.29 is 9.85 Å². The van der Waals surface area contributed by atoms with E-state index in [0.717, 1.165) is 11.1 Å². The van der Waals surface area contributed by atoms with Crippen LogP contribution in [0.5, 0.6) is 0 Å². The molecule has 3 rings (SSSR count). The summed E-state index contributed by atoms with van der Waals surface area (Å²) in [5.41, 5.74) is 7.32. The van der Waals surface area contributed by atoms with Crippen molar-refractivity contribution in [2.45, 2.75) is 0 Å². The summed E-state index contributed by atoms with van der Waals surface area (Å²) in [7, 11) is 0. The summed E-state index contributed by atoms with van der Waals surface area (Å²) in [6, 6.07) is 19.6. The van der Waals surface area contributed by atoms with Gasteiger partial charge in [0, 0.05) is 12.1 Å². The first-order valence-electron chi connectivity index (χ1n) is 8.69. The third kappa shape index (κ3) is 5.23. The van der Waals surface area contributed by atoms with Crippen LogP contribution in [0.1, 0.15) is 11.1 Å². The molecular formula is C20H16N6O4. The second-order valence-electron chi connectivity index (χ2n) is 5.96. The number of rotatable bonds is 8. The number of hydrogen-bond donors (Lipinski definition) is 2. The molecule has 0 heterocycles. The zero-order chi connectivity index (χ0) is 21.3. The van der Waals surface area contributed by atoms with Gasteiger partial charge in [0.25, 0.3) is 11.4 Å². The summed E-state index contributed by atoms with van der Waals surface area (Å²) in [4.78, 5) is 21.0. The molecule has 0 fully saturated rings. The molecule has 150 valence electrons. The second-order valence-corrected chi connectivity index (χ2v) is 5.96. The zero-order valence-electron chi connectivity index (χ0n) is 15.5. The van der Waals surface area contributed by atoms with E-state index < -0.39 is 9.85 Å². The predicted octanol–water partition coefficient (Wildman–Crippen LogP) is 4.40. The van der Waals surface area contributed by atoms with Gasteiger partial charge in [-0.1, -0.05) is 48.5 Å². The molecule has 30 heavy (non-hydrogen) atoms. The van der Waals surface area contributed by atoms with Crippen LogP contribution >= 0.6 is 0 Å². The minimum atomic E-state index is -0.482. The van der Waals surface area contributed by atoms with E-state index in [-0.39, 0.29) is 11.4 Å². The van der Waals surface area contributed by atoms with Crippen LogP contribution in [-0.4, -0.2) is 22.3 Å². The van der Waals surface area contributed by atoms with Gasteiger partial charge in [-0.3, -0.25) is 31.1 Å². The number of benzene rings is 3. The Morgan fingerprint density at radius 2 is 1.00 bits per heavy atom. The van der Waals surface area contributed by atoms with E-state index in [4.69, 9.17) is 0 Å². The van der Waals surface area contributed by atoms with E-state index in [1.165, 1.54) is 24.6 Å². The molecule has 0 saturated carbocycles. The van der Waals surface area contributed by atoms with Gasteiger partial charge in [-0.2, -0.15) is 10.2 Å². The van der Waals surface area contributed by atoms with Gasteiger partial charge in [0.1, 0.15) is 11.4 Å². The summed E-state index contributed by atoms with van der Waals surface area (Å²) < 4.78 is 0. The molecule has 0 spiro atoms. The monoisotopic (exact) mass is 404 g/mol. The molecule has 2 N–H and O–H groups in total. The fraction of sp³-hybridized carbons (Fsp3) is 0. The minimum absolute atomic E-state index is 0.0626. The SMILES string of the molecule is O=[N+]([O-])c1ccccc1N/N=C/c1ccc(/C=N/Nc2ccccc2[N+](=O)[O-])cc1. The Morgan fingerprint density at radius 3 is 1.37 bits per heavy atom. The Labute approximate surface area is 170 Å². The number of nitrogens with zero attached hydrogens (tertiary/aromatic N) is 4. The Balaban J connectivity index is 1.60. The number of hydrogen-bond acceptors (Lipinski definition) is 8. The lowest BCUT2D eigenvalue weighted by Gasteiger charge is -2.02. The number of hydrazone groups is 2. The van der Waals surface area contributed by atoms with E-state index in [1.807, 2.05) is 0 Å². The number of para-hydroxylation sites is 4. The van der Waals surface area contributed by atoms with Crippen molar-refractivity contribution in [1.82, 2.24) is 0 Å². The number of nitro groups is 2. The van der Waals surface area contributed by atoms with Gasteiger partial charge in [0.15, 0.2) is 0 Å². The molecule has 10 nitrogen and oxygen atoms in total. The molecule has 0 aromatic heterocycles. The lowest BCUT2D eigenvalue weighted by atomic mass is 10.2. The third-order valence-corrected chi connectivity index (χ3v) is 3.94. The van der Waals surface area contributed by atoms with Gasteiger partial charge in [0.05, 0.1) is 22.3 Å². The first-order valence-corrected chi connectivity index (χ1v) is 8.69. The first-order chi connectivity index (χ1) is 14.5. The zero-order valence-corrected chi connectivity index (χ0v) is 15.5. The molecule has 3 aromatic carbocycles. The maximum atomic E-state index is 11.0. The number of anilines is 2. The average Bonchev–Trinajstić information content (AvgIpc) is 2.75. The van der Waals surface area contributed by atoms with Crippen molar-refractivity contribution in [2.75, 3.05) is 10.9 Å². The van der Waals surface area contributed by atoms with Crippen molar-refractivity contribution in [3.63, 3.8) is 0 Å². The van der Waals surface area contributed by atoms with Crippen molar-refractivity contribution >= 4 is 35.2 Å². The molecule has 0 radical (unpaired) electrons. The molecule has 0 unspecified atom stereocenters. The van der Waals surface area contributed by atoms with Crippen LogP contribution in [0.4, 0.5) is 22.7 Å². The van der Waals surface area contributed by atoms with Crippen molar-refractivity contribution in [3.05, 3.63) is 104 Å². The average molecular weight is 404 g/mol. The third-order valence-electron chi connectivity index (χ3n) is 3.94. The molecule has 0 atom stereocenters. The molecule has 0 aliphatic carbocycles. The smallest absolute Gasteiger partial charge is 0.272 e. The van der Waals surface area contributed by atoms with Crippen LogP contribution in [0, 0.1) is 20.2 Å². The predicted molar refractivity (Wildman–Crippen MR) is 115 cm³/mol. The van der Waals surface area contributed by atoms with Crippen LogP contribution in [0.25, 0.3) is 0 Å². The molecule has 10 heteroatoms. The fourth-order valence-corrected chi connectivity index (χ4v) is 2.48. The Bertz CT molecular complexity index is 1020. The van der Waals surface area contributed by atoms with Crippen molar-refractivity contribution in [1.29, 1.82) is 0 Å². The second kappa shape index (κ2) is 9.55. The van der Waals surface area contributed by atoms with E-state index >= 15 is 0 Å². The molecule has 0 bridgehead atoms. The van der Waals surface area contributed by atoms with Crippen LogP contribution in [0.2, 0.25) is 0 Å². The number of nitrogens with one attached hydrogen (secondary N) is 2. The Morgan fingerprint density at radius 1 is 0.633 bits per heavy atom. The van der Waals surface area contributed by atoms with Crippen LogP contribution in [0.3, 0.4) is 0 Å².